The Hall–Kier alpha value is -1.39. The molecule has 1 aromatic heterocycles. The van der Waals surface area contributed by atoms with Crippen LogP contribution in [0.5, 0.6) is 0 Å². The third kappa shape index (κ3) is 3.11. The number of aromatic nitrogens is 1. The molecule has 21 heavy (non-hydrogen) atoms. The van der Waals surface area contributed by atoms with Crippen molar-refractivity contribution in [3.05, 3.63) is 46.5 Å². The number of nitrogens with one attached hydrogen (secondary N) is 1. The lowest BCUT2D eigenvalue weighted by Gasteiger charge is -2.30. The first-order chi connectivity index (χ1) is 10.3. The first kappa shape index (κ1) is 14.5. The van der Waals surface area contributed by atoms with Crippen LogP contribution in [0.15, 0.2) is 30.5 Å². The number of thiazole rings is 1. The number of anilines is 1. The zero-order valence-electron chi connectivity index (χ0n) is 12.8. The van der Waals surface area contributed by atoms with Crippen LogP contribution in [0.1, 0.15) is 35.8 Å². The summed E-state index contributed by atoms with van der Waals surface area (Å²) in [4.78, 5) is 8.16. The average Bonchev–Trinajstić information content (AvgIpc) is 2.94. The van der Waals surface area contributed by atoms with Gasteiger partial charge in [0.1, 0.15) is 0 Å². The molecule has 1 aliphatic rings. The van der Waals surface area contributed by atoms with E-state index in [0.717, 1.165) is 31.3 Å². The first-order valence-electron chi connectivity index (χ1n) is 7.80. The predicted molar refractivity (Wildman–Crippen MR) is 90.3 cm³/mol. The Bertz CT molecular complexity index is 589. The molecule has 0 bridgehead atoms. The molecule has 3 nitrogen and oxygen atoms in total. The van der Waals surface area contributed by atoms with Crippen LogP contribution in [-0.2, 0) is 13.0 Å². The Labute approximate surface area is 131 Å². The highest BCUT2D eigenvalue weighted by molar-refractivity contribution is 7.15. The molecule has 4 heteroatoms. The Kier molecular flexibility index (Phi) is 4.56. The van der Waals surface area contributed by atoms with Crippen LogP contribution >= 0.6 is 11.3 Å². The van der Waals surface area contributed by atoms with Crippen LogP contribution < -0.4 is 10.2 Å². The maximum Gasteiger partial charge on any atom is 0.185 e. The van der Waals surface area contributed by atoms with Crippen molar-refractivity contribution in [1.82, 2.24) is 10.3 Å². The van der Waals surface area contributed by atoms with E-state index in [2.05, 4.69) is 53.3 Å². The number of hydrogen-bond donors (Lipinski definition) is 1. The van der Waals surface area contributed by atoms with E-state index in [1.54, 1.807) is 11.3 Å². The van der Waals surface area contributed by atoms with Crippen molar-refractivity contribution in [2.45, 2.75) is 32.7 Å². The van der Waals surface area contributed by atoms with Gasteiger partial charge in [-0.2, -0.15) is 0 Å². The van der Waals surface area contributed by atoms with Crippen LogP contribution in [0.4, 0.5) is 5.13 Å². The van der Waals surface area contributed by atoms with Crippen LogP contribution in [-0.4, -0.2) is 24.6 Å². The fourth-order valence-electron chi connectivity index (χ4n) is 2.93. The molecule has 0 spiro atoms. The minimum atomic E-state index is 0.691. The van der Waals surface area contributed by atoms with Gasteiger partial charge >= 0.3 is 0 Å². The topological polar surface area (TPSA) is 28.2 Å². The van der Waals surface area contributed by atoms with Crippen molar-refractivity contribution in [1.29, 1.82) is 0 Å². The van der Waals surface area contributed by atoms with E-state index in [0.29, 0.717) is 5.92 Å². The highest BCUT2D eigenvalue weighted by Crippen LogP contribution is 2.34. The Balaban J connectivity index is 1.48. The second kappa shape index (κ2) is 6.58. The molecule has 1 atom stereocenters. The number of nitrogens with zero attached hydrogens (tertiary/aromatic N) is 2. The molecule has 0 saturated carbocycles. The predicted octanol–water partition coefficient (Wildman–Crippen LogP) is 3.42. The van der Waals surface area contributed by atoms with Crippen molar-refractivity contribution in [2.75, 3.05) is 24.5 Å². The summed E-state index contributed by atoms with van der Waals surface area (Å²) < 4.78 is 0. The van der Waals surface area contributed by atoms with Gasteiger partial charge in [0.15, 0.2) is 5.13 Å². The average molecular weight is 301 g/mol. The summed E-state index contributed by atoms with van der Waals surface area (Å²) in [6.07, 6.45) is 3.23. The fourth-order valence-corrected chi connectivity index (χ4v) is 3.94. The summed E-state index contributed by atoms with van der Waals surface area (Å²) >= 11 is 1.81. The molecule has 1 aromatic carbocycles. The van der Waals surface area contributed by atoms with E-state index in [1.807, 2.05) is 6.20 Å². The van der Waals surface area contributed by atoms with Gasteiger partial charge < -0.3 is 10.2 Å². The SMILES string of the molecule is CCN(CC)c1ncc(CNCC2Cc3ccccc32)s1. The zero-order valence-corrected chi connectivity index (χ0v) is 13.6. The van der Waals surface area contributed by atoms with Gasteiger partial charge in [0.2, 0.25) is 0 Å². The number of benzene rings is 1. The molecule has 1 heterocycles. The van der Waals surface area contributed by atoms with Gasteiger partial charge in [0.25, 0.3) is 0 Å². The molecule has 2 aromatic rings. The van der Waals surface area contributed by atoms with E-state index in [9.17, 15) is 0 Å². The van der Waals surface area contributed by atoms with Crippen LogP contribution in [0.25, 0.3) is 0 Å². The summed E-state index contributed by atoms with van der Waals surface area (Å²) in [5.41, 5.74) is 3.05. The fraction of sp³-hybridized carbons (Fsp3) is 0.471. The molecule has 0 fully saturated rings. The highest BCUT2D eigenvalue weighted by Gasteiger charge is 2.24. The molecular weight excluding hydrogens is 278 g/mol. The Morgan fingerprint density at radius 3 is 2.86 bits per heavy atom. The summed E-state index contributed by atoms with van der Waals surface area (Å²) in [7, 11) is 0. The Morgan fingerprint density at radius 2 is 2.10 bits per heavy atom. The van der Waals surface area contributed by atoms with Gasteiger partial charge in [0, 0.05) is 43.2 Å². The van der Waals surface area contributed by atoms with Crippen LogP contribution in [0.2, 0.25) is 0 Å². The van der Waals surface area contributed by atoms with Gasteiger partial charge in [-0.3, -0.25) is 0 Å². The van der Waals surface area contributed by atoms with E-state index in [1.165, 1.54) is 22.4 Å². The lowest BCUT2D eigenvalue weighted by molar-refractivity contribution is 0.537. The largest absolute Gasteiger partial charge is 0.349 e. The van der Waals surface area contributed by atoms with Gasteiger partial charge in [-0.25, -0.2) is 4.98 Å². The van der Waals surface area contributed by atoms with Gasteiger partial charge in [-0.15, -0.1) is 11.3 Å². The smallest absolute Gasteiger partial charge is 0.185 e. The van der Waals surface area contributed by atoms with Crippen molar-refractivity contribution < 1.29 is 0 Å². The maximum absolute atomic E-state index is 4.53. The van der Waals surface area contributed by atoms with Crippen molar-refractivity contribution in [2.24, 2.45) is 0 Å². The van der Waals surface area contributed by atoms with Gasteiger partial charge in [-0.1, -0.05) is 24.3 Å². The molecule has 1 aliphatic carbocycles. The summed E-state index contributed by atoms with van der Waals surface area (Å²) in [5.74, 6) is 0.691. The molecule has 0 aliphatic heterocycles. The van der Waals surface area contributed by atoms with E-state index < -0.39 is 0 Å². The lowest BCUT2D eigenvalue weighted by Crippen LogP contribution is -2.28. The van der Waals surface area contributed by atoms with E-state index in [4.69, 9.17) is 0 Å². The number of rotatable bonds is 7. The third-order valence-corrected chi connectivity index (χ3v) is 5.28. The minimum absolute atomic E-state index is 0.691. The highest BCUT2D eigenvalue weighted by atomic mass is 32.1. The van der Waals surface area contributed by atoms with E-state index >= 15 is 0 Å². The van der Waals surface area contributed by atoms with Crippen LogP contribution in [0, 0.1) is 0 Å². The first-order valence-corrected chi connectivity index (χ1v) is 8.61. The second-order valence-corrected chi connectivity index (χ2v) is 6.61. The molecule has 0 saturated heterocycles. The maximum atomic E-state index is 4.53. The molecular formula is C17H23N3S. The third-order valence-electron chi connectivity index (χ3n) is 4.23. The monoisotopic (exact) mass is 301 g/mol. The number of hydrogen-bond acceptors (Lipinski definition) is 4. The molecule has 112 valence electrons. The number of fused-ring (bicyclic) bond motifs is 1. The van der Waals surface area contributed by atoms with E-state index in [-0.39, 0.29) is 0 Å². The van der Waals surface area contributed by atoms with Crippen LogP contribution in [0.3, 0.4) is 0 Å². The van der Waals surface area contributed by atoms with Crippen molar-refractivity contribution >= 4 is 16.5 Å². The minimum Gasteiger partial charge on any atom is -0.349 e. The molecule has 0 radical (unpaired) electrons. The Morgan fingerprint density at radius 1 is 1.29 bits per heavy atom. The van der Waals surface area contributed by atoms with Gasteiger partial charge in [-0.05, 0) is 31.4 Å². The molecule has 1 unspecified atom stereocenters. The normalized spacial score (nSPS) is 16.4. The summed E-state index contributed by atoms with van der Waals surface area (Å²) in [6, 6.07) is 8.78. The van der Waals surface area contributed by atoms with Gasteiger partial charge in [0.05, 0.1) is 0 Å². The summed E-state index contributed by atoms with van der Waals surface area (Å²) in [6.45, 7) is 8.40. The molecule has 1 N–H and O–H groups in total. The van der Waals surface area contributed by atoms with Crippen molar-refractivity contribution in [3.63, 3.8) is 0 Å². The van der Waals surface area contributed by atoms with Crippen molar-refractivity contribution in [3.8, 4) is 0 Å². The molecule has 0 amide bonds. The quantitative estimate of drug-likeness (QED) is 0.849. The second-order valence-electron chi connectivity index (χ2n) is 5.51. The lowest BCUT2D eigenvalue weighted by atomic mass is 9.78. The standard InChI is InChI=1S/C17H23N3S/c1-3-20(4-2)17-19-12-15(21-17)11-18-10-14-9-13-7-5-6-8-16(13)14/h5-8,12,14,18H,3-4,9-11H2,1-2H3. The molecule has 3 rings (SSSR count). The summed E-state index contributed by atoms with van der Waals surface area (Å²) in [5, 5.41) is 4.73. The zero-order chi connectivity index (χ0) is 14.7.